The maximum absolute atomic E-state index is 13.2. The number of carbonyl (C=O) groups is 1. The van der Waals surface area contributed by atoms with Crippen LogP contribution in [0.2, 0.25) is 0 Å². The lowest BCUT2D eigenvalue weighted by Crippen LogP contribution is -2.40. The summed E-state index contributed by atoms with van der Waals surface area (Å²) in [5.41, 5.74) is 1.51. The Morgan fingerprint density at radius 1 is 1.00 bits per heavy atom. The monoisotopic (exact) mass is 551 g/mol. The van der Waals surface area contributed by atoms with Gasteiger partial charge in [0.15, 0.2) is 0 Å². The maximum atomic E-state index is 13.2. The van der Waals surface area contributed by atoms with Gasteiger partial charge in [-0.2, -0.15) is 0 Å². The van der Waals surface area contributed by atoms with Crippen LogP contribution in [-0.2, 0) is 10.0 Å². The number of nitrogens with zero attached hydrogens (tertiary/aromatic N) is 1. The minimum absolute atomic E-state index is 0.0312. The summed E-state index contributed by atoms with van der Waals surface area (Å²) in [7, 11) is -4.39. The van der Waals surface area contributed by atoms with Crippen LogP contribution >= 0.6 is 0 Å². The molecule has 0 unspecified atom stereocenters. The highest BCUT2D eigenvalue weighted by atomic mass is 32.2. The largest absolute Gasteiger partial charge is 0.376 e. The summed E-state index contributed by atoms with van der Waals surface area (Å²) < 4.78 is 41.2. The van der Waals surface area contributed by atoms with Gasteiger partial charge in [-0.25, -0.2) is 17.5 Å². The normalized spacial score (nSPS) is 23.4. The Labute approximate surface area is 226 Å². The lowest BCUT2D eigenvalue weighted by atomic mass is 9.69. The van der Waals surface area contributed by atoms with Gasteiger partial charge in [0.2, 0.25) is 0 Å². The molecule has 3 atom stereocenters. The van der Waals surface area contributed by atoms with Crippen LogP contribution < -0.4 is 10.0 Å². The number of carbonyl (C=O) groups excluding carboxylic acids is 1. The molecule has 39 heavy (non-hydrogen) atoms. The topological polar surface area (TPSA) is 118 Å². The highest BCUT2D eigenvalue weighted by Crippen LogP contribution is 2.66. The quantitative estimate of drug-likeness (QED) is 0.269. The van der Waals surface area contributed by atoms with E-state index < -0.39 is 20.9 Å². The number of nitrogens with one attached hydrogen (secondary N) is 2. The number of hydrogen-bond acceptors (Lipinski definition) is 6. The molecular weight excluding hydrogens is 521 g/mol. The predicted octanol–water partition coefficient (Wildman–Crippen LogP) is 6.15. The molecule has 8 nitrogen and oxygen atoms in total. The molecule has 0 saturated heterocycles. The number of amides is 1. The summed E-state index contributed by atoms with van der Waals surface area (Å²) in [5.74, 6) is -0.714. The van der Waals surface area contributed by atoms with Crippen LogP contribution in [0.3, 0.4) is 0 Å². The van der Waals surface area contributed by atoms with Crippen molar-refractivity contribution >= 4 is 27.3 Å². The fourth-order valence-electron chi connectivity index (χ4n) is 6.26. The molecule has 2 aliphatic rings. The first-order valence-corrected chi connectivity index (χ1v) is 14.3. The molecule has 1 amide bonds. The molecule has 2 saturated carbocycles. The summed E-state index contributed by atoms with van der Waals surface area (Å²) in [6.07, 6.45) is 3.06. The molecular formula is C29H30FN3O5S. The number of rotatable bonds is 7. The minimum atomic E-state index is -4.39. The zero-order chi connectivity index (χ0) is 28.2. The fraction of sp³-hybridized carbons (Fsp3) is 0.345. The zero-order valence-electron chi connectivity index (χ0n) is 21.9. The lowest BCUT2D eigenvalue weighted by molar-refractivity contribution is -0.384. The highest BCUT2D eigenvalue weighted by Gasteiger charge is 2.61. The number of sulfonamides is 1. The predicted molar refractivity (Wildman–Crippen MR) is 146 cm³/mol. The van der Waals surface area contributed by atoms with Gasteiger partial charge in [-0.05, 0) is 83.5 Å². The van der Waals surface area contributed by atoms with Crippen molar-refractivity contribution in [1.82, 2.24) is 4.72 Å². The minimum Gasteiger partial charge on any atom is -0.376 e. The first-order chi connectivity index (χ1) is 18.3. The van der Waals surface area contributed by atoms with E-state index in [2.05, 4.69) is 26.1 Å². The van der Waals surface area contributed by atoms with Crippen molar-refractivity contribution in [1.29, 1.82) is 0 Å². The third-order valence-electron chi connectivity index (χ3n) is 9.15. The van der Waals surface area contributed by atoms with Crippen LogP contribution in [0.5, 0.6) is 0 Å². The first-order valence-electron chi connectivity index (χ1n) is 12.8. The van der Waals surface area contributed by atoms with Crippen LogP contribution in [-0.4, -0.2) is 25.3 Å². The van der Waals surface area contributed by atoms with Crippen molar-refractivity contribution in [3.05, 3.63) is 88.2 Å². The third-order valence-corrected chi connectivity index (χ3v) is 10.5. The van der Waals surface area contributed by atoms with E-state index in [1.54, 1.807) is 24.3 Å². The molecule has 0 spiro atoms. The first kappa shape index (κ1) is 26.8. The summed E-state index contributed by atoms with van der Waals surface area (Å²) in [6.45, 7) is 6.70. The number of hydrogen-bond donors (Lipinski definition) is 2. The second-order valence-electron chi connectivity index (χ2n) is 11.3. The van der Waals surface area contributed by atoms with Crippen LogP contribution in [0.4, 0.5) is 15.8 Å². The molecule has 0 aromatic heterocycles. The number of benzene rings is 3. The van der Waals surface area contributed by atoms with Crippen molar-refractivity contribution in [2.45, 2.75) is 51.0 Å². The van der Waals surface area contributed by atoms with Gasteiger partial charge in [0, 0.05) is 17.7 Å². The molecule has 0 heterocycles. The molecule has 0 aliphatic heterocycles. The van der Waals surface area contributed by atoms with Crippen molar-refractivity contribution in [3.63, 3.8) is 0 Å². The average molecular weight is 552 g/mol. The number of nitro groups is 1. The van der Waals surface area contributed by atoms with Crippen molar-refractivity contribution < 1.29 is 22.5 Å². The Balaban J connectivity index is 1.34. The molecule has 2 fully saturated rings. The Bertz CT molecular complexity index is 1550. The van der Waals surface area contributed by atoms with Crippen LogP contribution in [0.25, 0.3) is 11.1 Å². The van der Waals surface area contributed by atoms with E-state index in [1.807, 2.05) is 4.72 Å². The number of nitro benzene ring substituents is 1. The second-order valence-corrected chi connectivity index (χ2v) is 12.9. The SMILES string of the molecule is CC1(C)[C@H]2CC[C@]1(C)[C@@H](Nc1ccc(S(=O)(=O)NC(=O)c3ccc(-c4ccc(F)cc4)cc3)cc1[N+](=O)[O-])C2. The van der Waals surface area contributed by atoms with E-state index in [9.17, 15) is 27.7 Å². The summed E-state index contributed by atoms with van der Waals surface area (Å²) >= 11 is 0. The van der Waals surface area contributed by atoms with Gasteiger partial charge in [-0.1, -0.05) is 45.0 Å². The van der Waals surface area contributed by atoms with Crippen molar-refractivity contribution in [2.24, 2.45) is 16.7 Å². The summed E-state index contributed by atoms with van der Waals surface area (Å²) in [4.78, 5) is 23.6. The zero-order valence-corrected chi connectivity index (χ0v) is 22.7. The molecule has 5 rings (SSSR count). The molecule has 0 radical (unpaired) electrons. The number of anilines is 1. The summed E-state index contributed by atoms with van der Waals surface area (Å²) in [5, 5.41) is 15.3. The van der Waals surface area contributed by atoms with Gasteiger partial charge in [0.1, 0.15) is 11.5 Å². The van der Waals surface area contributed by atoms with Crippen molar-refractivity contribution in [3.8, 4) is 11.1 Å². The molecule has 2 aliphatic carbocycles. The van der Waals surface area contributed by atoms with E-state index in [4.69, 9.17) is 0 Å². The standard InChI is InChI=1S/C29H30FN3O5S/c1-28(2)21-14-15-29(28,3)26(16-21)31-24-13-12-23(17-25(24)33(35)36)39(37,38)32-27(34)20-6-4-18(5-7-20)19-8-10-22(30)11-9-19/h4-13,17,21,26,31H,14-16H2,1-3H3,(H,32,34)/t21-,26-,29+/m0/s1. The van der Waals surface area contributed by atoms with E-state index in [0.29, 0.717) is 5.92 Å². The molecule has 10 heteroatoms. The average Bonchev–Trinajstić information content (AvgIpc) is 3.22. The molecule has 204 valence electrons. The smallest absolute Gasteiger partial charge is 0.293 e. The Morgan fingerprint density at radius 2 is 1.62 bits per heavy atom. The molecule has 3 aromatic carbocycles. The van der Waals surface area contributed by atoms with E-state index in [-0.39, 0.29) is 44.5 Å². The number of fused-ring (bicyclic) bond motifs is 2. The van der Waals surface area contributed by atoms with Gasteiger partial charge >= 0.3 is 0 Å². The van der Waals surface area contributed by atoms with Crippen LogP contribution in [0.1, 0.15) is 50.4 Å². The Morgan fingerprint density at radius 3 is 2.15 bits per heavy atom. The van der Waals surface area contributed by atoms with E-state index in [1.165, 1.54) is 36.4 Å². The van der Waals surface area contributed by atoms with Gasteiger partial charge < -0.3 is 5.32 Å². The fourth-order valence-corrected chi connectivity index (χ4v) is 7.25. The van der Waals surface area contributed by atoms with E-state index >= 15 is 0 Å². The molecule has 2 N–H and O–H groups in total. The van der Waals surface area contributed by atoms with Gasteiger partial charge in [-0.15, -0.1) is 0 Å². The second kappa shape index (κ2) is 9.44. The van der Waals surface area contributed by atoms with Gasteiger partial charge in [0.25, 0.3) is 21.6 Å². The third kappa shape index (κ3) is 4.67. The van der Waals surface area contributed by atoms with Crippen LogP contribution in [0, 0.1) is 32.7 Å². The van der Waals surface area contributed by atoms with Crippen molar-refractivity contribution in [2.75, 3.05) is 5.32 Å². The van der Waals surface area contributed by atoms with E-state index in [0.717, 1.165) is 36.5 Å². The lowest BCUT2D eigenvalue weighted by Gasteiger charge is -2.39. The Hall–Kier alpha value is -3.79. The molecule has 2 bridgehead atoms. The van der Waals surface area contributed by atoms with Crippen LogP contribution in [0.15, 0.2) is 71.6 Å². The number of halogens is 1. The summed E-state index contributed by atoms with van der Waals surface area (Å²) in [6, 6.07) is 15.7. The van der Waals surface area contributed by atoms with Gasteiger partial charge in [0.05, 0.1) is 9.82 Å². The molecule has 3 aromatic rings. The van der Waals surface area contributed by atoms with Gasteiger partial charge in [-0.3, -0.25) is 14.9 Å². The Kier molecular flexibility index (Phi) is 6.49. The highest BCUT2D eigenvalue weighted by molar-refractivity contribution is 7.90. The maximum Gasteiger partial charge on any atom is 0.293 e.